The second-order valence-electron chi connectivity index (χ2n) is 4.85. The molecule has 1 saturated heterocycles. The fourth-order valence-corrected chi connectivity index (χ4v) is 3.19. The number of nitrogens with zero attached hydrogens (tertiary/aromatic N) is 3. The summed E-state index contributed by atoms with van der Waals surface area (Å²) in [6, 6.07) is 2.31. The second kappa shape index (κ2) is 5.40. The first-order valence-electron chi connectivity index (χ1n) is 6.34. The zero-order chi connectivity index (χ0) is 13.2. The molecule has 2 aromatic rings. The summed E-state index contributed by atoms with van der Waals surface area (Å²) in [5, 5.41) is 8.17. The normalized spacial score (nSPS) is 24.1. The molecule has 2 aromatic heterocycles. The van der Waals surface area contributed by atoms with Crippen molar-refractivity contribution < 1.29 is 9.26 Å². The Balaban J connectivity index is 1.79. The van der Waals surface area contributed by atoms with Gasteiger partial charge in [-0.1, -0.05) is 5.16 Å². The Morgan fingerprint density at radius 2 is 2.47 bits per heavy atom. The van der Waals surface area contributed by atoms with Gasteiger partial charge in [-0.15, -0.1) is 0 Å². The molecule has 0 radical (unpaired) electrons. The Morgan fingerprint density at radius 3 is 3.11 bits per heavy atom. The summed E-state index contributed by atoms with van der Waals surface area (Å²) in [5.74, 6) is 1.39. The van der Waals surface area contributed by atoms with Crippen molar-refractivity contribution in [3.63, 3.8) is 0 Å². The number of ether oxygens (including phenoxy) is 1. The first-order chi connectivity index (χ1) is 9.26. The minimum absolute atomic E-state index is 0.158. The van der Waals surface area contributed by atoms with Gasteiger partial charge in [0.25, 0.3) is 0 Å². The number of hydrogen-bond acceptors (Lipinski definition) is 6. The van der Waals surface area contributed by atoms with Crippen LogP contribution < -0.4 is 0 Å². The zero-order valence-electron chi connectivity index (χ0n) is 11.1. The number of methoxy groups -OCH3 is 1. The molecule has 6 heteroatoms. The van der Waals surface area contributed by atoms with Gasteiger partial charge in [-0.25, -0.2) is 0 Å². The van der Waals surface area contributed by atoms with Gasteiger partial charge >= 0.3 is 0 Å². The van der Waals surface area contributed by atoms with Gasteiger partial charge in [0.2, 0.25) is 5.89 Å². The van der Waals surface area contributed by atoms with Gasteiger partial charge in [-0.05, 0) is 35.7 Å². The van der Waals surface area contributed by atoms with Gasteiger partial charge in [0, 0.05) is 20.2 Å². The highest BCUT2D eigenvalue weighted by atomic mass is 32.1. The van der Waals surface area contributed by atoms with E-state index in [0.717, 1.165) is 19.5 Å². The summed E-state index contributed by atoms with van der Waals surface area (Å²) >= 11 is 1.72. The molecule has 2 atom stereocenters. The molecule has 0 bridgehead atoms. The molecule has 0 unspecified atom stereocenters. The Kier molecular flexibility index (Phi) is 3.63. The van der Waals surface area contributed by atoms with Gasteiger partial charge < -0.3 is 9.26 Å². The Labute approximate surface area is 116 Å². The molecular weight excluding hydrogens is 262 g/mol. The van der Waals surface area contributed by atoms with Crippen LogP contribution in [0.1, 0.15) is 29.7 Å². The first-order valence-corrected chi connectivity index (χ1v) is 7.28. The van der Waals surface area contributed by atoms with Crippen molar-refractivity contribution in [2.24, 2.45) is 0 Å². The van der Waals surface area contributed by atoms with E-state index < -0.39 is 0 Å². The van der Waals surface area contributed by atoms with Crippen LogP contribution in [-0.2, 0) is 11.3 Å². The van der Waals surface area contributed by atoms with Crippen molar-refractivity contribution in [2.75, 3.05) is 13.7 Å². The monoisotopic (exact) mass is 279 g/mol. The van der Waals surface area contributed by atoms with Gasteiger partial charge in [-0.2, -0.15) is 16.3 Å². The predicted octanol–water partition coefficient (Wildman–Crippen LogP) is 2.40. The number of aromatic nitrogens is 2. The molecule has 0 saturated carbocycles. The highest BCUT2D eigenvalue weighted by Crippen LogP contribution is 2.33. The van der Waals surface area contributed by atoms with Crippen LogP contribution in [0.15, 0.2) is 21.3 Å². The maximum Gasteiger partial charge on any atom is 0.244 e. The van der Waals surface area contributed by atoms with E-state index in [1.807, 2.05) is 6.92 Å². The topological polar surface area (TPSA) is 51.4 Å². The molecule has 19 heavy (non-hydrogen) atoms. The van der Waals surface area contributed by atoms with E-state index in [1.54, 1.807) is 18.4 Å². The fraction of sp³-hybridized carbons (Fsp3) is 0.538. The molecule has 0 N–H and O–H groups in total. The van der Waals surface area contributed by atoms with Crippen molar-refractivity contribution in [3.05, 3.63) is 34.1 Å². The minimum Gasteiger partial charge on any atom is -0.380 e. The van der Waals surface area contributed by atoms with Crippen LogP contribution in [0.5, 0.6) is 0 Å². The number of thiophene rings is 1. The lowest BCUT2D eigenvalue weighted by molar-refractivity contribution is 0.107. The molecule has 3 rings (SSSR count). The van der Waals surface area contributed by atoms with Crippen LogP contribution in [0, 0.1) is 6.92 Å². The van der Waals surface area contributed by atoms with E-state index in [4.69, 9.17) is 9.26 Å². The molecule has 102 valence electrons. The van der Waals surface area contributed by atoms with Crippen LogP contribution in [0.3, 0.4) is 0 Å². The lowest BCUT2D eigenvalue weighted by Gasteiger charge is -2.20. The average molecular weight is 279 g/mol. The minimum atomic E-state index is 0.158. The Morgan fingerprint density at radius 1 is 1.58 bits per heavy atom. The molecule has 1 aliphatic heterocycles. The molecule has 1 fully saturated rings. The number of likely N-dealkylation sites (tertiary alicyclic amines) is 1. The number of aryl methyl sites for hydroxylation is 1. The number of rotatable bonds is 4. The molecule has 5 nitrogen and oxygen atoms in total. The van der Waals surface area contributed by atoms with E-state index in [-0.39, 0.29) is 12.1 Å². The van der Waals surface area contributed by atoms with Crippen LogP contribution in [0.2, 0.25) is 0 Å². The molecule has 1 aliphatic rings. The van der Waals surface area contributed by atoms with Gasteiger partial charge in [-0.3, -0.25) is 4.90 Å². The van der Waals surface area contributed by atoms with Crippen LogP contribution in [0.4, 0.5) is 0 Å². The first kappa shape index (κ1) is 12.8. The van der Waals surface area contributed by atoms with E-state index in [1.165, 1.54) is 5.56 Å². The Hall–Kier alpha value is -1.24. The SMILES string of the molecule is CO[C@@H]1C[C@H](c2nc(C)no2)N(Cc2ccsc2)C1. The molecule has 3 heterocycles. The summed E-state index contributed by atoms with van der Waals surface area (Å²) in [6.45, 7) is 3.65. The summed E-state index contributed by atoms with van der Waals surface area (Å²) in [5.41, 5.74) is 1.32. The van der Waals surface area contributed by atoms with Gasteiger partial charge in [0.15, 0.2) is 5.82 Å². The maximum atomic E-state index is 5.49. The molecular formula is C13H17N3O2S. The fourth-order valence-electron chi connectivity index (χ4n) is 2.53. The quantitative estimate of drug-likeness (QED) is 0.860. The zero-order valence-corrected chi connectivity index (χ0v) is 11.9. The standard InChI is InChI=1S/C13H17N3O2S/c1-9-14-13(18-15-9)12-5-11(17-2)7-16(12)6-10-3-4-19-8-10/h3-4,8,11-12H,5-7H2,1-2H3/t11-,12-/m1/s1. The van der Waals surface area contributed by atoms with Gasteiger partial charge in [0.1, 0.15) is 0 Å². The molecule has 0 aliphatic carbocycles. The molecule has 0 spiro atoms. The van der Waals surface area contributed by atoms with Crippen LogP contribution >= 0.6 is 11.3 Å². The van der Waals surface area contributed by atoms with E-state index in [2.05, 4.69) is 31.9 Å². The highest BCUT2D eigenvalue weighted by molar-refractivity contribution is 7.07. The van der Waals surface area contributed by atoms with Crippen molar-refractivity contribution in [1.82, 2.24) is 15.0 Å². The third kappa shape index (κ3) is 2.70. The second-order valence-corrected chi connectivity index (χ2v) is 5.63. The molecule has 0 aromatic carbocycles. The maximum absolute atomic E-state index is 5.49. The van der Waals surface area contributed by atoms with E-state index in [0.29, 0.717) is 11.7 Å². The van der Waals surface area contributed by atoms with Crippen molar-refractivity contribution in [1.29, 1.82) is 0 Å². The smallest absolute Gasteiger partial charge is 0.244 e. The third-order valence-corrected chi connectivity index (χ3v) is 4.22. The van der Waals surface area contributed by atoms with E-state index >= 15 is 0 Å². The summed E-state index contributed by atoms with van der Waals surface area (Å²) in [7, 11) is 1.76. The summed E-state index contributed by atoms with van der Waals surface area (Å²) in [4.78, 5) is 6.72. The average Bonchev–Trinajstić information content (AvgIpc) is 3.10. The lowest BCUT2D eigenvalue weighted by Crippen LogP contribution is -2.24. The molecule has 0 amide bonds. The van der Waals surface area contributed by atoms with Crippen LogP contribution in [-0.4, -0.2) is 34.8 Å². The third-order valence-electron chi connectivity index (χ3n) is 3.49. The van der Waals surface area contributed by atoms with Crippen molar-refractivity contribution >= 4 is 11.3 Å². The lowest BCUT2D eigenvalue weighted by atomic mass is 10.2. The Bertz CT molecular complexity index is 526. The summed E-state index contributed by atoms with van der Waals surface area (Å²) < 4.78 is 10.8. The predicted molar refractivity (Wildman–Crippen MR) is 71.9 cm³/mol. The van der Waals surface area contributed by atoms with Crippen molar-refractivity contribution in [2.45, 2.75) is 32.0 Å². The van der Waals surface area contributed by atoms with Crippen molar-refractivity contribution in [3.8, 4) is 0 Å². The highest BCUT2D eigenvalue weighted by Gasteiger charge is 2.36. The number of hydrogen-bond donors (Lipinski definition) is 0. The summed E-state index contributed by atoms with van der Waals surface area (Å²) in [6.07, 6.45) is 1.14. The van der Waals surface area contributed by atoms with Crippen LogP contribution in [0.25, 0.3) is 0 Å². The van der Waals surface area contributed by atoms with Gasteiger partial charge in [0.05, 0.1) is 12.1 Å². The van der Waals surface area contributed by atoms with E-state index in [9.17, 15) is 0 Å². The largest absolute Gasteiger partial charge is 0.380 e.